The van der Waals surface area contributed by atoms with E-state index in [1.807, 2.05) is 0 Å². The number of hydrogen-bond donors (Lipinski definition) is 0. The van der Waals surface area contributed by atoms with E-state index in [1.54, 1.807) is 24.3 Å². The number of nitriles is 4. The lowest BCUT2D eigenvalue weighted by Gasteiger charge is -2.47. The van der Waals surface area contributed by atoms with E-state index < -0.39 is 16.9 Å². The number of alkyl halides is 1. The van der Waals surface area contributed by atoms with Gasteiger partial charge >= 0.3 is 0 Å². The van der Waals surface area contributed by atoms with E-state index in [4.69, 9.17) is 37.4 Å². The molecule has 6 heteroatoms. The standard InChI is InChI=1S/C10H7ClN4O/c11-1-2-16-8-3-9(4-12,5-13)10(8,6-14)7-15/h8H,1-3H2. The predicted molar refractivity (Wildman–Crippen MR) is 52.4 cm³/mol. The Morgan fingerprint density at radius 3 is 2.06 bits per heavy atom. The molecule has 1 unspecified atom stereocenters. The van der Waals surface area contributed by atoms with E-state index in [0.717, 1.165) is 0 Å². The predicted octanol–water partition coefficient (Wildman–Crippen LogP) is 1.08. The van der Waals surface area contributed by atoms with Crippen molar-refractivity contribution in [1.29, 1.82) is 21.0 Å². The first-order chi connectivity index (χ1) is 7.66. The highest BCUT2D eigenvalue weighted by atomic mass is 35.5. The summed E-state index contributed by atoms with van der Waals surface area (Å²) in [6.07, 6.45) is -0.654. The van der Waals surface area contributed by atoms with Crippen molar-refractivity contribution in [3.05, 3.63) is 0 Å². The highest BCUT2D eigenvalue weighted by Crippen LogP contribution is 2.56. The average Bonchev–Trinajstić information content (AvgIpc) is 2.31. The van der Waals surface area contributed by atoms with Crippen LogP contribution in [-0.2, 0) is 4.74 Å². The van der Waals surface area contributed by atoms with Crippen LogP contribution >= 0.6 is 11.6 Å². The van der Waals surface area contributed by atoms with Gasteiger partial charge in [0, 0.05) is 12.3 Å². The van der Waals surface area contributed by atoms with Crippen molar-refractivity contribution in [2.45, 2.75) is 12.5 Å². The number of halogens is 1. The van der Waals surface area contributed by atoms with Gasteiger partial charge in [-0.2, -0.15) is 21.0 Å². The Morgan fingerprint density at radius 1 is 1.12 bits per heavy atom. The largest absolute Gasteiger partial charge is 0.374 e. The van der Waals surface area contributed by atoms with E-state index in [2.05, 4.69) is 0 Å². The van der Waals surface area contributed by atoms with Crippen LogP contribution in [0.15, 0.2) is 0 Å². The van der Waals surface area contributed by atoms with Crippen molar-refractivity contribution in [3.63, 3.8) is 0 Å². The fourth-order valence-corrected chi connectivity index (χ4v) is 1.85. The second kappa shape index (κ2) is 4.38. The molecule has 16 heavy (non-hydrogen) atoms. The molecule has 1 aliphatic rings. The molecule has 1 aliphatic carbocycles. The fraction of sp³-hybridized carbons (Fsp3) is 0.600. The molecule has 1 saturated carbocycles. The minimum absolute atomic E-state index is 0.0675. The second-order valence-electron chi connectivity index (χ2n) is 3.41. The Morgan fingerprint density at radius 2 is 1.69 bits per heavy atom. The molecule has 0 aromatic heterocycles. The maximum Gasteiger partial charge on any atom is 0.201 e. The monoisotopic (exact) mass is 234 g/mol. The summed E-state index contributed by atoms with van der Waals surface area (Å²) < 4.78 is 5.20. The van der Waals surface area contributed by atoms with Gasteiger partial charge in [0.25, 0.3) is 0 Å². The first-order valence-electron chi connectivity index (χ1n) is 4.49. The van der Waals surface area contributed by atoms with Gasteiger partial charge in [0.05, 0.1) is 37.0 Å². The topological polar surface area (TPSA) is 104 Å². The molecule has 0 amide bonds. The zero-order valence-corrected chi connectivity index (χ0v) is 9.03. The lowest BCUT2D eigenvalue weighted by atomic mass is 9.50. The molecule has 1 fully saturated rings. The van der Waals surface area contributed by atoms with Crippen molar-refractivity contribution in [1.82, 2.24) is 0 Å². The zero-order valence-electron chi connectivity index (χ0n) is 8.27. The maximum absolute atomic E-state index is 9.02. The average molecular weight is 235 g/mol. The molecule has 1 rings (SSSR count). The third kappa shape index (κ3) is 1.31. The van der Waals surface area contributed by atoms with Gasteiger partial charge in [-0.1, -0.05) is 0 Å². The summed E-state index contributed by atoms with van der Waals surface area (Å²) in [7, 11) is 0. The van der Waals surface area contributed by atoms with Crippen LogP contribution in [0, 0.1) is 56.2 Å². The SMILES string of the molecule is N#CC1(C#N)CC(OCCCl)C1(C#N)C#N. The smallest absolute Gasteiger partial charge is 0.201 e. The van der Waals surface area contributed by atoms with Crippen molar-refractivity contribution in [3.8, 4) is 24.3 Å². The normalized spacial score (nSPS) is 23.9. The van der Waals surface area contributed by atoms with Gasteiger partial charge in [0.1, 0.15) is 0 Å². The zero-order chi connectivity index (χ0) is 12.2. The fourth-order valence-electron chi connectivity index (χ4n) is 1.76. The van der Waals surface area contributed by atoms with Crippen LogP contribution in [0.25, 0.3) is 0 Å². The van der Waals surface area contributed by atoms with Gasteiger partial charge in [-0.05, 0) is 0 Å². The van der Waals surface area contributed by atoms with E-state index in [9.17, 15) is 0 Å². The number of ether oxygens (including phenoxy) is 1. The van der Waals surface area contributed by atoms with Crippen molar-refractivity contribution < 1.29 is 4.74 Å². The molecule has 0 heterocycles. The summed E-state index contributed by atoms with van der Waals surface area (Å²) in [6.45, 7) is 0.185. The molecule has 0 radical (unpaired) electrons. The van der Waals surface area contributed by atoms with Crippen LogP contribution in [-0.4, -0.2) is 18.6 Å². The third-order valence-electron chi connectivity index (χ3n) is 2.78. The van der Waals surface area contributed by atoms with Crippen molar-refractivity contribution in [2.24, 2.45) is 10.8 Å². The Bertz CT molecular complexity index is 419. The third-order valence-corrected chi connectivity index (χ3v) is 2.93. The summed E-state index contributed by atoms with van der Waals surface area (Å²) in [5, 5.41) is 35.9. The van der Waals surface area contributed by atoms with Gasteiger partial charge in [0.15, 0.2) is 5.41 Å². The molecule has 0 saturated heterocycles. The molecular weight excluding hydrogens is 228 g/mol. The number of hydrogen-bond acceptors (Lipinski definition) is 5. The Balaban J connectivity index is 3.03. The summed E-state index contributed by atoms with van der Waals surface area (Å²) in [5.74, 6) is 0.232. The van der Waals surface area contributed by atoms with E-state index in [1.165, 1.54) is 0 Å². The van der Waals surface area contributed by atoms with E-state index in [-0.39, 0.29) is 18.9 Å². The minimum atomic E-state index is -1.71. The minimum Gasteiger partial charge on any atom is -0.374 e. The Hall–Kier alpha value is -1.79. The molecular formula is C10H7ClN4O. The second-order valence-corrected chi connectivity index (χ2v) is 3.79. The van der Waals surface area contributed by atoms with Crippen LogP contribution in [0.2, 0.25) is 0 Å². The Kier molecular flexibility index (Phi) is 3.36. The highest BCUT2D eigenvalue weighted by molar-refractivity contribution is 6.17. The molecule has 0 N–H and O–H groups in total. The van der Waals surface area contributed by atoms with Gasteiger partial charge in [-0.3, -0.25) is 0 Å². The van der Waals surface area contributed by atoms with E-state index in [0.29, 0.717) is 0 Å². The van der Waals surface area contributed by atoms with Crippen LogP contribution in [0.5, 0.6) is 0 Å². The van der Waals surface area contributed by atoms with Gasteiger partial charge < -0.3 is 4.74 Å². The molecule has 0 aliphatic heterocycles. The number of nitrogens with zero attached hydrogens (tertiary/aromatic N) is 4. The van der Waals surface area contributed by atoms with Gasteiger partial charge in [-0.15, -0.1) is 11.6 Å². The quantitative estimate of drug-likeness (QED) is 0.680. The number of rotatable bonds is 3. The summed E-state index contributed by atoms with van der Waals surface area (Å²) in [4.78, 5) is 0. The van der Waals surface area contributed by atoms with Crippen LogP contribution in [0.1, 0.15) is 6.42 Å². The molecule has 1 atom stereocenters. The maximum atomic E-state index is 9.02. The molecule has 0 bridgehead atoms. The molecule has 0 aromatic carbocycles. The summed E-state index contributed by atoms with van der Waals surface area (Å²) in [6, 6.07) is 6.97. The van der Waals surface area contributed by atoms with Crippen molar-refractivity contribution in [2.75, 3.05) is 12.5 Å². The summed E-state index contributed by atoms with van der Waals surface area (Å²) in [5.41, 5.74) is -3.30. The lowest BCUT2D eigenvalue weighted by Crippen LogP contribution is -2.60. The highest BCUT2D eigenvalue weighted by Gasteiger charge is 2.70. The van der Waals surface area contributed by atoms with Crippen molar-refractivity contribution >= 4 is 11.6 Å². The first kappa shape index (κ1) is 12.3. The first-order valence-corrected chi connectivity index (χ1v) is 5.02. The van der Waals surface area contributed by atoms with Crippen LogP contribution in [0.3, 0.4) is 0 Å². The van der Waals surface area contributed by atoms with Gasteiger partial charge in [0.2, 0.25) is 5.41 Å². The Labute approximate surface area is 98.0 Å². The van der Waals surface area contributed by atoms with Gasteiger partial charge in [-0.25, -0.2) is 0 Å². The molecule has 5 nitrogen and oxygen atoms in total. The van der Waals surface area contributed by atoms with Crippen LogP contribution in [0.4, 0.5) is 0 Å². The molecule has 80 valence electrons. The lowest BCUT2D eigenvalue weighted by molar-refractivity contribution is -0.103. The van der Waals surface area contributed by atoms with Crippen LogP contribution < -0.4 is 0 Å². The molecule has 0 aromatic rings. The summed E-state index contributed by atoms with van der Waals surface area (Å²) >= 11 is 5.42. The molecule has 0 spiro atoms. The van der Waals surface area contributed by atoms with E-state index >= 15 is 0 Å².